The van der Waals surface area contributed by atoms with E-state index >= 15 is 0 Å². The van der Waals surface area contributed by atoms with Crippen LogP contribution in [0.3, 0.4) is 0 Å². The largest absolute Gasteiger partial charge is 0.394 e. The average molecular weight is 174 g/mol. The molecule has 0 fully saturated rings. The van der Waals surface area contributed by atoms with Crippen LogP contribution in [0.1, 0.15) is 46.0 Å². The Balaban J connectivity index is 3.68. The van der Waals surface area contributed by atoms with Crippen LogP contribution in [0, 0.1) is 5.92 Å². The van der Waals surface area contributed by atoms with Gasteiger partial charge in [-0.15, -0.1) is 0 Å². The molecule has 0 rings (SSSR count). The maximum absolute atomic E-state index is 9.43. The van der Waals surface area contributed by atoms with Crippen molar-refractivity contribution in [3.63, 3.8) is 0 Å². The Morgan fingerprint density at radius 3 is 2.17 bits per heavy atom. The number of unbranched alkanes of at least 4 members (excludes halogenated alkanes) is 1. The molecule has 2 atom stereocenters. The van der Waals surface area contributed by atoms with Crippen molar-refractivity contribution in [1.82, 2.24) is 0 Å². The highest BCUT2D eigenvalue weighted by atomic mass is 16.3. The van der Waals surface area contributed by atoms with E-state index in [0.29, 0.717) is 5.92 Å². The van der Waals surface area contributed by atoms with Crippen LogP contribution in [0.25, 0.3) is 0 Å². The molecular weight excluding hydrogens is 152 g/mol. The quantitative estimate of drug-likeness (QED) is 0.619. The first-order valence-electron chi connectivity index (χ1n) is 5.05. The second kappa shape index (κ2) is 7.56. The highest BCUT2D eigenvalue weighted by Crippen LogP contribution is 2.18. The highest BCUT2D eigenvalue weighted by Gasteiger charge is 2.16. The predicted molar refractivity (Wildman–Crippen MR) is 51.0 cm³/mol. The normalized spacial score (nSPS) is 16.0. The number of rotatable bonds is 7. The third kappa shape index (κ3) is 4.73. The standard InChI is InChI=1S/C10H22O2/c1-3-5-7-9(6-4-2)10(12)8-11/h9-12H,3-8H2,1-2H3. The van der Waals surface area contributed by atoms with Gasteiger partial charge in [-0.2, -0.15) is 0 Å². The number of aliphatic hydroxyl groups excluding tert-OH is 2. The van der Waals surface area contributed by atoms with Crippen LogP contribution in [0.5, 0.6) is 0 Å². The Labute approximate surface area is 75.6 Å². The molecule has 0 aromatic rings. The number of hydrogen-bond donors (Lipinski definition) is 2. The van der Waals surface area contributed by atoms with Gasteiger partial charge in [-0.3, -0.25) is 0 Å². The zero-order valence-electron chi connectivity index (χ0n) is 8.29. The molecule has 12 heavy (non-hydrogen) atoms. The van der Waals surface area contributed by atoms with Gasteiger partial charge in [-0.1, -0.05) is 33.1 Å². The van der Waals surface area contributed by atoms with E-state index in [9.17, 15) is 5.11 Å². The van der Waals surface area contributed by atoms with Crippen LogP contribution < -0.4 is 0 Å². The van der Waals surface area contributed by atoms with Crippen molar-refractivity contribution in [3.05, 3.63) is 0 Å². The fourth-order valence-corrected chi connectivity index (χ4v) is 1.52. The van der Waals surface area contributed by atoms with Gasteiger partial charge in [0.15, 0.2) is 0 Å². The Morgan fingerprint density at radius 1 is 1.08 bits per heavy atom. The number of aliphatic hydroxyl groups is 2. The third-order valence-electron chi connectivity index (χ3n) is 2.32. The molecule has 0 bridgehead atoms. The van der Waals surface area contributed by atoms with Gasteiger partial charge in [0, 0.05) is 0 Å². The van der Waals surface area contributed by atoms with Gasteiger partial charge < -0.3 is 10.2 Å². The average Bonchev–Trinajstić information content (AvgIpc) is 2.11. The Morgan fingerprint density at radius 2 is 1.75 bits per heavy atom. The molecule has 0 spiro atoms. The summed E-state index contributed by atoms with van der Waals surface area (Å²) < 4.78 is 0. The van der Waals surface area contributed by atoms with Crippen LogP contribution in [0.4, 0.5) is 0 Å². The van der Waals surface area contributed by atoms with Gasteiger partial charge in [-0.25, -0.2) is 0 Å². The van der Waals surface area contributed by atoms with Crippen molar-refractivity contribution < 1.29 is 10.2 Å². The van der Waals surface area contributed by atoms with E-state index in [-0.39, 0.29) is 6.61 Å². The van der Waals surface area contributed by atoms with Gasteiger partial charge in [0.25, 0.3) is 0 Å². The predicted octanol–water partition coefficient (Wildman–Crippen LogP) is 1.95. The summed E-state index contributed by atoms with van der Waals surface area (Å²) in [6.07, 6.45) is 4.98. The first-order chi connectivity index (χ1) is 5.76. The summed E-state index contributed by atoms with van der Waals surface area (Å²) in [5.41, 5.74) is 0. The minimum atomic E-state index is -0.503. The molecule has 0 heterocycles. The maximum Gasteiger partial charge on any atom is 0.0799 e. The van der Waals surface area contributed by atoms with Gasteiger partial charge in [0.2, 0.25) is 0 Å². The SMILES string of the molecule is CCCCC(CCC)C(O)CO. The van der Waals surface area contributed by atoms with Crippen molar-refractivity contribution in [1.29, 1.82) is 0 Å². The molecule has 0 amide bonds. The van der Waals surface area contributed by atoms with Crippen LogP contribution in [0.15, 0.2) is 0 Å². The molecule has 0 saturated carbocycles. The molecule has 2 unspecified atom stereocenters. The summed E-state index contributed by atoms with van der Waals surface area (Å²) in [6.45, 7) is 4.17. The molecule has 74 valence electrons. The maximum atomic E-state index is 9.43. The number of hydrogen-bond acceptors (Lipinski definition) is 2. The summed E-state index contributed by atoms with van der Waals surface area (Å²) in [7, 11) is 0. The lowest BCUT2D eigenvalue weighted by molar-refractivity contribution is 0.0392. The van der Waals surface area contributed by atoms with Crippen molar-refractivity contribution in [2.75, 3.05) is 6.61 Å². The van der Waals surface area contributed by atoms with Crippen molar-refractivity contribution >= 4 is 0 Å². The fourth-order valence-electron chi connectivity index (χ4n) is 1.52. The highest BCUT2D eigenvalue weighted by molar-refractivity contribution is 4.67. The van der Waals surface area contributed by atoms with E-state index < -0.39 is 6.10 Å². The van der Waals surface area contributed by atoms with Crippen LogP contribution in [0.2, 0.25) is 0 Å². The first kappa shape index (κ1) is 11.9. The summed E-state index contributed by atoms with van der Waals surface area (Å²) in [5.74, 6) is 0.306. The molecular formula is C10H22O2. The topological polar surface area (TPSA) is 40.5 Å². The van der Waals surface area contributed by atoms with Crippen LogP contribution >= 0.6 is 0 Å². The van der Waals surface area contributed by atoms with Gasteiger partial charge in [0.1, 0.15) is 0 Å². The minimum Gasteiger partial charge on any atom is -0.394 e. The second-order valence-electron chi connectivity index (χ2n) is 3.44. The zero-order valence-corrected chi connectivity index (χ0v) is 8.29. The Bertz CT molecular complexity index is 93.8. The molecule has 0 aliphatic heterocycles. The third-order valence-corrected chi connectivity index (χ3v) is 2.32. The van der Waals surface area contributed by atoms with Crippen LogP contribution in [-0.4, -0.2) is 22.9 Å². The van der Waals surface area contributed by atoms with Crippen molar-refractivity contribution in [2.24, 2.45) is 5.92 Å². The van der Waals surface area contributed by atoms with Gasteiger partial charge in [-0.05, 0) is 18.8 Å². The smallest absolute Gasteiger partial charge is 0.0799 e. The monoisotopic (exact) mass is 174 g/mol. The molecule has 2 heteroatoms. The zero-order chi connectivity index (χ0) is 9.40. The summed E-state index contributed by atoms with van der Waals surface area (Å²) in [4.78, 5) is 0. The fraction of sp³-hybridized carbons (Fsp3) is 1.00. The summed E-state index contributed by atoms with van der Waals surface area (Å²) >= 11 is 0. The molecule has 0 saturated heterocycles. The summed E-state index contributed by atoms with van der Waals surface area (Å²) in [6, 6.07) is 0. The van der Waals surface area contributed by atoms with E-state index in [0.717, 1.165) is 25.7 Å². The van der Waals surface area contributed by atoms with E-state index in [1.807, 2.05) is 0 Å². The first-order valence-corrected chi connectivity index (χ1v) is 5.05. The van der Waals surface area contributed by atoms with E-state index in [1.54, 1.807) is 0 Å². The lowest BCUT2D eigenvalue weighted by Gasteiger charge is -2.20. The lowest BCUT2D eigenvalue weighted by atomic mass is 9.92. The van der Waals surface area contributed by atoms with Gasteiger partial charge >= 0.3 is 0 Å². The Hall–Kier alpha value is -0.0800. The van der Waals surface area contributed by atoms with E-state index in [2.05, 4.69) is 13.8 Å². The van der Waals surface area contributed by atoms with E-state index in [4.69, 9.17) is 5.11 Å². The molecule has 0 aliphatic carbocycles. The van der Waals surface area contributed by atoms with Crippen molar-refractivity contribution in [2.45, 2.75) is 52.1 Å². The molecule has 0 aromatic carbocycles. The van der Waals surface area contributed by atoms with Gasteiger partial charge in [0.05, 0.1) is 12.7 Å². The molecule has 0 aromatic heterocycles. The van der Waals surface area contributed by atoms with Crippen LogP contribution in [-0.2, 0) is 0 Å². The molecule has 0 aliphatic rings. The molecule has 0 radical (unpaired) electrons. The Kier molecular flexibility index (Phi) is 7.51. The molecule has 2 N–H and O–H groups in total. The summed E-state index contributed by atoms with van der Waals surface area (Å²) in [5, 5.41) is 18.2. The minimum absolute atomic E-state index is 0.0889. The van der Waals surface area contributed by atoms with Crippen molar-refractivity contribution in [3.8, 4) is 0 Å². The molecule has 2 nitrogen and oxygen atoms in total. The lowest BCUT2D eigenvalue weighted by Crippen LogP contribution is -2.24. The van der Waals surface area contributed by atoms with E-state index in [1.165, 1.54) is 6.42 Å². The second-order valence-corrected chi connectivity index (χ2v) is 3.44.